The fourth-order valence-electron chi connectivity index (χ4n) is 3.02. The Labute approximate surface area is 148 Å². The van der Waals surface area contributed by atoms with Crippen molar-refractivity contribution >= 4 is 12.0 Å². The highest BCUT2D eigenvalue weighted by molar-refractivity contribution is 5.87. The van der Waals surface area contributed by atoms with Crippen LogP contribution in [0.3, 0.4) is 0 Å². The number of aromatic carboxylic acids is 1. The Kier molecular flexibility index (Phi) is 6.02. The summed E-state index contributed by atoms with van der Waals surface area (Å²) < 4.78 is 0. The number of urea groups is 1. The van der Waals surface area contributed by atoms with Gasteiger partial charge in [0.1, 0.15) is 0 Å². The summed E-state index contributed by atoms with van der Waals surface area (Å²) in [5, 5.41) is 21.8. The van der Waals surface area contributed by atoms with Gasteiger partial charge >= 0.3 is 12.0 Å². The monoisotopic (exact) mass is 349 g/mol. The average Bonchev–Trinajstić information content (AvgIpc) is 2.53. The van der Waals surface area contributed by atoms with E-state index >= 15 is 0 Å². The number of benzene rings is 1. The number of hydrogen-bond donors (Lipinski definition) is 3. The van der Waals surface area contributed by atoms with Gasteiger partial charge in [0.15, 0.2) is 0 Å². The van der Waals surface area contributed by atoms with E-state index in [2.05, 4.69) is 10.2 Å². The smallest absolute Gasteiger partial charge is 0.335 e. The van der Waals surface area contributed by atoms with Crippen LogP contribution in [-0.2, 0) is 6.54 Å². The van der Waals surface area contributed by atoms with Crippen LogP contribution in [0.4, 0.5) is 4.79 Å². The molecule has 1 atom stereocenters. The first kappa shape index (κ1) is 19.2. The van der Waals surface area contributed by atoms with Gasteiger partial charge in [-0.2, -0.15) is 0 Å². The molecule has 1 saturated heterocycles. The highest BCUT2D eigenvalue weighted by Gasteiger charge is 2.29. The molecule has 0 saturated carbocycles. The van der Waals surface area contributed by atoms with Gasteiger partial charge in [0, 0.05) is 38.8 Å². The van der Waals surface area contributed by atoms with Crippen LogP contribution >= 0.6 is 0 Å². The van der Waals surface area contributed by atoms with Crippen molar-refractivity contribution in [1.29, 1.82) is 0 Å². The maximum atomic E-state index is 12.4. The lowest BCUT2D eigenvalue weighted by atomic mass is 10.1. The van der Waals surface area contributed by atoms with Gasteiger partial charge in [-0.05, 0) is 38.5 Å². The highest BCUT2D eigenvalue weighted by atomic mass is 16.4. The summed E-state index contributed by atoms with van der Waals surface area (Å²) in [5.74, 6) is -0.982. The van der Waals surface area contributed by atoms with E-state index in [1.807, 2.05) is 6.92 Å². The predicted molar refractivity (Wildman–Crippen MR) is 94.5 cm³/mol. The van der Waals surface area contributed by atoms with Crippen LogP contribution in [0, 0.1) is 0 Å². The number of carboxylic acid groups (broad SMARTS) is 1. The maximum Gasteiger partial charge on any atom is 0.335 e. The Morgan fingerprint density at radius 1 is 1.32 bits per heavy atom. The summed E-state index contributed by atoms with van der Waals surface area (Å²) in [6, 6.07) is 6.56. The fraction of sp³-hybridized carbons (Fsp3) is 0.556. The molecule has 7 nitrogen and oxygen atoms in total. The zero-order valence-electron chi connectivity index (χ0n) is 15.0. The number of carboxylic acids is 1. The van der Waals surface area contributed by atoms with Crippen LogP contribution in [0.25, 0.3) is 0 Å². The van der Waals surface area contributed by atoms with Crippen molar-refractivity contribution in [1.82, 2.24) is 15.1 Å². The van der Waals surface area contributed by atoms with Crippen molar-refractivity contribution in [3.63, 3.8) is 0 Å². The van der Waals surface area contributed by atoms with Gasteiger partial charge in [0.05, 0.1) is 11.2 Å². The quantitative estimate of drug-likeness (QED) is 0.747. The largest absolute Gasteiger partial charge is 0.478 e. The second-order valence-electron chi connectivity index (χ2n) is 7.24. The number of rotatable bonds is 5. The number of amides is 2. The van der Waals surface area contributed by atoms with E-state index in [0.717, 1.165) is 5.56 Å². The number of carbonyl (C=O) groups is 2. The number of nitrogens with one attached hydrogen (secondary N) is 1. The van der Waals surface area contributed by atoms with Gasteiger partial charge in [-0.1, -0.05) is 12.1 Å². The van der Waals surface area contributed by atoms with Crippen LogP contribution in [0.2, 0.25) is 0 Å². The van der Waals surface area contributed by atoms with E-state index in [1.54, 1.807) is 36.9 Å². The van der Waals surface area contributed by atoms with Gasteiger partial charge in [0.2, 0.25) is 0 Å². The number of piperazine rings is 1. The van der Waals surface area contributed by atoms with Gasteiger partial charge in [0.25, 0.3) is 0 Å². The minimum atomic E-state index is -0.982. The Morgan fingerprint density at radius 2 is 2.04 bits per heavy atom. The average molecular weight is 349 g/mol. The zero-order chi connectivity index (χ0) is 18.6. The van der Waals surface area contributed by atoms with Gasteiger partial charge in [-0.3, -0.25) is 4.90 Å². The molecule has 7 heteroatoms. The molecule has 1 aliphatic heterocycles. The Hall–Kier alpha value is -2.12. The molecule has 0 aromatic heterocycles. The molecule has 1 unspecified atom stereocenters. The second kappa shape index (κ2) is 7.84. The summed E-state index contributed by atoms with van der Waals surface area (Å²) in [4.78, 5) is 27.3. The lowest BCUT2D eigenvalue weighted by molar-refractivity contribution is 0.00290. The summed E-state index contributed by atoms with van der Waals surface area (Å²) >= 11 is 0. The van der Waals surface area contributed by atoms with Crippen molar-refractivity contribution < 1.29 is 19.8 Å². The zero-order valence-corrected chi connectivity index (χ0v) is 15.0. The van der Waals surface area contributed by atoms with E-state index in [-0.39, 0.29) is 24.2 Å². The summed E-state index contributed by atoms with van der Waals surface area (Å²) in [6.45, 7) is 8.38. The number of aliphatic hydroxyl groups is 1. The molecule has 25 heavy (non-hydrogen) atoms. The fourth-order valence-corrected chi connectivity index (χ4v) is 3.02. The molecule has 0 bridgehead atoms. The van der Waals surface area contributed by atoms with Crippen LogP contribution in [0.1, 0.15) is 36.7 Å². The van der Waals surface area contributed by atoms with Gasteiger partial charge in [-0.25, -0.2) is 9.59 Å². The lowest BCUT2D eigenvalue weighted by Gasteiger charge is -2.41. The molecule has 2 rings (SSSR count). The molecule has 0 radical (unpaired) electrons. The van der Waals surface area contributed by atoms with E-state index < -0.39 is 11.6 Å². The summed E-state index contributed by atoms with van der Waals surface area (Å²) in [7, 11) is 0. The minimum absolute atomic E-state index is 0.157. The molecular formula is C18H27N3O4. The first-order chi connectivity index (χ1) is 11.7. The topological polar surface area (TPSA) is 93.1 Å². The summed E-state index contributed by atoms with van der Waals surface area (Å²) in [6.07, 6.45) is 0. The first-order valence-corrected chi connectivity index (χ1v) is 8.47. The molecule has 1 aromatic rings. The Balaban J connectivity index is 1.86. The molecule has 1 aromatic carbocycles. The molecule has 0 aliphatic carbocycles. The molecule has 1 fully saturated rings. The second-order valence-corrected chi connectivity index (χ2v) is 7.24. The third-order valence-corrected chi connectivity index (χ3v) is 4.26. The van der Waals surface area contributed by atoms with Crippen LogP contribution in [-0.4, -0.2) is 69.8 Å². The first-order valence-electron chi connectivity index (χ1n) is 8.47. The molecular weight excluding hydrogens is 322 g/mol. The van der Waals surface area contributed by atoms with Crippen molar-refractivity contribution in [2.75, 3.05) is 26.2 Å². The van der Waals surface area contributed by atoms with E-state index in [0.29, 0.717) is 26.2 Å². The van der Waals surface area contributed by atoms with E-state index in [1.165, 1.54) is 6.07 Å². The van der Waals surface area contributed by atoms with Crippen molar-refractivity contribution in [2.24, 2.45) is 0 Å². The molecule has 2 amide bonds. The van der Waals surface area contributed by atoms with E-state index in [9.17, 15) is 14.7 Å². The maximum absolute atomic E-state index is 12.4. The summed E-state index contributed by atoms with van der Waals surface area (Å²) in [5.41, 5.74) is 0.205. The number of β-amino-alcohol motifs (C(OH)–C–C–N with tert-alkyl or cyclic N) is 1. The number of carbonyl (C=O) groups excluding carboxylic acids is 1. The molecule has 1 aliphatic rings. The van der Waals surface area contributed by atoms with Crippen LogP contribution < -0.4 is 5.32 Å². The minimum Gasteiger partial charge on any atom is -0.478 e. The number of hydrogen-bond acceptors (Lipinski definition) is 4. The standard InChI is InChI=1S/C18H27N3O4/c1-13-11-20(7-8-21(13)12-18(2,3)25)17(24)19-10-14-5-4-6-15(9-14)16(22)23/h4-6,9,13,25H,7-8,10-12H2,1-3H3,(H,19,24)(H,22,23). The Bertz CT molecular complexity index is 627. The van der Waals surface area contributed by atoms with Crippen molar-refractivity contribution in [3.8, 4) is 0 Å². The van der Waals surface area contributed by atoms with Gasteiger partial charge in [-0.15, -0.1) is 0 Å². The highest BCUT2D eigenvalue weighted by Crippen LogP contribution is 2.14. The van der Waals surface area contributed by atoms with Crippen LogP contribution in [0.5, 0.6) is 0 Å². The normalized spacial score (nSPS) is 18.9. The third kappa shape index (κ3) is 5.72. The van der Waals surface area contributed by atoms with Crippen LogP contribution in [0.15, 0.2) is 24.3 Å². The SMILES string of the molecule is CC1CN(C(=O)NCc2cccc(C(=O)O)c2)CCN1CC(C)(C)O. The predicted octanol–water partition coefficient (Wildman–Crippen LogP) is 1.37. The molecule has 3 N–H and O–H groups in total. The third-order valence-electron chi connectivity index (χ3n) is 4.26. The Morgan fingerprint density at radius 3 is 2.64 bits per heavy atom. The van der Waals surface area contributed by atoms with E-state index in [4.69, 9.17) is 5.11 Å². The molecule has 1 heterocycles. The molecule has 0 spiro atoms. The van der Waals surface area contributed by atoms with Gasteiger partial charge < -0.3 is 20.4 Å². The lowest BCUT2D eigenvalue weighted by Crippen LogP contribution is -2.57. The number of nitrogens with zero attached hydrogens (tertiary/aromatic N) is 2. The molecule has 138 valence electrons. The van der Waals surface area contributed by atoms with Crippen molar-refractivity contribution in [3.05, 3.63) is 35.4 Å². The van der Waals surface area contributed by atoms with Crippen molar-refractivity contribution in [2.45, 2.75) is 39.0 Å².